The molecule has 1 aromatic heterocycles. The summed E-state index contributed by atoms with van der Waals surface area (Å²) in [6, 6.07) is 11.5. The second kappa shape index (κ2) is 5.15. The first-order valence-corrected chi connectivity index (χ1v) is 7.34. The largest absolute Gasteiger partial charge is 0.348 e. The first kappa shape index (κ1) is 14.1. The molecule has 0 aliphatic heterocycles. The Kier molecular flexibility index (Phi) is 3.46. The highest BCUT2D eigenvalue weighted by Crippen LogP contribution is 2.58. The molecule has 2 atom stereocenters. The van der Waals surface area contributed by atoms with Crippen LogP contribution in [-0.4, -0.2) is 16.9 Å². The van der Waals surface area contributed by atoms with Crippen LogP contribution in [0.3, 0.4) is 0 Å². The van der Waals surface area contributed by atoms with Gasteiger partial charge in [0.25, 0.3) is 5.91 Å². The third-order valence-electron chi connectivity index (χ3n) is 4.27. The van der Waals surface area contributed by atoms with Gasteiger partial charge in [0.1, 0.15) is 0 Å². The van der Waals surface area contributed by atoms with Gasteiger partial charge in [0.15, 0.2) is 0 Å². The van der Waals surface area contributed by atoms with E-state index in [1.807, 2.05) is 24.3 Å². The lowest BCUT2D eigenvalue weighted by Crippen LogP contribution is -2.28. The topological polar surface area (TPSA) is 42.0 Å². The number of carbonyl (C=O) groups is 1. The Morgan fingerprint density at radius 1 is 1.24 bits per heavy atom. The SMILES string of the molecule is CC1(C)[C@@H](NC(=O)c2cccnc2)[C@@H]1c1ccc(Cl)cc1. The maximum atomic E-state index is 12.2. The van der Waals surface area contributed by atoms with E-state index >= 15 is 0 Å². The molecule has 0 unspecified atom stereocenters. The van der Waals surface area contributed by atoms with Crippen molar-refractivity contribution in [2.45, 2.75) is 25.8 Å². The molecule has 1 N–H and O–H groups in total. The molecule has 3 nitrogen and oxygen atoms in total. The summed E-state index contributed by atoms with van der Waals surface area (Å²) < 4.78 is 0. The third-order valence-corrected chi connectivity index (χ3v) is 4.52. The lowest BCUT2D eigenvalue weighted by Gasteiger charge is -2.05. The Morgan fingerprint density at radius 3 is 2.57 bits per heavy atom. The number of amides is 1. The van der Waals surface area contributed by atoms with Crippen molar-refractivity contribution < 1.29 is 4.79 Å². The third kappa shape index (κ3) is 2.66. The summed E-state index contributed by atoms with van der Waals surface area (Å²) in [5.41, 5.74) is 1.85. The summed E-state index contributed by atoms with van der Waals surface area (Å²) in [4.78, 5) is 16.2. The second-order valence-corrected chi connectivity index (χ2v) is 6.48. The van der Waals surface area contributed by atoms with Gasteiger partial charge in [-0.15, -0.1) is 0 Å². The molecular formula is C17H17ClN2O. The minimum absolute atomic E-state index is 0.0473. The molecule has 2 aromatic rings. The number of rotatable bonds is 3. The lowest BCUT2D eigenvalue weighted by molar-refractivity contribution is 0.0945. The van der Waals surface area contributed by atoms with Gasteiger partial charge in [0.2, 0.25) is 0 Å². The molecule has 21 heavy (non-hydrogen) atoms. The quantitative estimate of drug-likeness (QED) is 0.940. The van der Waals surface area contributed by atoms with E-state index in [2.05, 4.69) is 24.1 Å². The maximum Gasteiger partial charge on any atom is 0.253 e. The van der Waals surface area contributed by atoms with Crippen LogP contribution in [0.4, 0.5) is 0 Å². The van der Waals surface area contributed by atoms with Crippen molar-refractivity contribution >= 4 is 17.5 Å². The molecule has 4 heteroatoms. The van der Waals surface area contributed by atoms with Crippen molar-refractivity contribution in [2.24, 2.45) is 5.41 Å². The van der Waals surface area contributed by atoms with Crippen LogP contribution in [0.5, 0.6) is 0 Å². The van der Waals surface area contributed by atoms with Crippen LogP contribution < -0.4 is 5.32 Å². The van der Waals surface area contributed by atoms with Crippen LogP contribution >= 0.6 is 11.6 Å². The fourth-order valence-electron chi connectivity index (χ4n) is 2.92. The molecule has 108 valence electrons. The van der Waals surface area contributed by atoms with Gasteiger partial charge >= 0.3 is 0 Å². The number of nitrogens with zero attached hydrogens (tertiary/aromatic N) is 1. The fraction of sp³-hybridized carbons (Fsp3) is 0.294. The Morgan fingerprint density at radius 2 is 1.95 bits per heavy atom. The second-order valence-electron chi connectivity index (χ2n) is 6.04. The fourth-order valence-corrected chi connectivity index (χ4v) is 3.05. The van der Waals surface area contributed by atoms with Gasteiger partial charge in [-0.2, -0.15) is 0 Å². The summed E-state index contributed by atoms with van der Waals surface area (Å²) >= 11 is 5.93. The van der Waals surface area contributed by atoms with E-state index in [-0.39, 0.29) is 17.4 Å². The molecule has 0 bridgehead atoms. The Hall–Kier alpha value is -1.87. The predicted octanol–water partition coefficient (Wildman–Crippen LogP) is 3.66. The highest BCUT2D eigenvalue weighted by molar-refractivity contribution is 6.30. The molecular weight excluding hydrogens is 284 g/mol. The molecule has 3 rings (SSSR count). The summed E-state index contributed by atoms with van der Waals surface area (Å²) in [6.07, 6.45) is 3.25. The summed E-state index contributed by atoms with van der Waals surface area (Å²) in [5.74, 6) is 0.244. The highest BCUT2D eigenvalue weighted by atomic mass is 35.5. The van der Waals surface area contributed by atoms with Gasteiger partial charge < -0.3 is 5.32 Å². The number of aromatic nitrogens is 1. The zero-order valence-electron chi connectivity index (χ0n) is 12.0. The van der Waals surface area contributed by atoms with Gasteiger partial charge in [-0.25, -0.2) is 0 Å². The van der Waals surface area contributed by atoms with E-state index in [1.54, 1.807) is 24.5 Å². The zero-order chi connectivity index (χ0) is 15.0. The van der Waals surface area contributed by atoms with Crippen molar-refractivity contribution in [3.63, 3.8) is 0 Å². The van der Waals surface area contributed by atoms with Crippen LogP contribution in [0.2, 0.25) is 5.02 Å². The normalized spacial score (nSPS) is 22.6. The number of carbonyl (C=O) groups excluding carboxylic acids is 1. The molecule has 1 amide bonds. The number of pyridine rings is 1. The lowest BCUT2D eigenvalue weighted by atomic mass is 10.0. The van der Waals surface area contributed by atoms with E-state index in [0.29, 0.717) is 11.5 Å². The smallest absolute Gasteiger partial charge is 0.253 e. The van der Waals surface area contributed by atoms with Gasteiger partial charge in [0.05, 0.1) is 5.56 Å². The monoisotopic (exact) mass is 300 g/mol. The molecule has 1 aliphatic rings. The summed E-state index contributed by atoms with van der Waals surface area (Å²) in [6.45, 7) is 4.33. The summed E-state index contributed by atoms with van der Waals surface area (Å²) in [5, 5.41) is 3.84. The number of halogens is 1. The molecule has 1 fully saturated rings. The van der Waals surface area contributed by atoms with Crippen LogP contribution in [0.1, 0.15) is 35.7 Å². The van der Waals surface area contributed by atoms with Gasteiger partial charge in [-0.3, -0.25) is 9.78 Å². The van der Waals surface area contributed by atoms with Gasteiger partial charge in [0, 0.05) is 29.4 Å². The molecule has 0 saturated heterocycles. The molecule has 1 aromatic carbocycles. The predicted molar refractivity (Wildman–Crippen MR) is 83.5 cm³/mol. The van der Waals surface area contributed by atoms with Crippen molar-refractivity contribution in [3.05, 3.63) is 64.9 Å². The van der Waals surface area contributed by atoms with Crippen molar-refractivity contribution in [1.82, 2.24) is 10.3 Å². The van der Waals surface area contributed by atoms with Crippen LogP contribution in [0.25, 0.3) is 0 Å². The number of hydrogen-bond donors (Lipinski definition) is 1. The van der Waals surface area contributed by atoms with E-state index in [9.17, 15) is 4.79 Å². The maximum absolute atomic E-state index is 12.2. The standard InChI is InChI=1S/C17H17ClN2O/c1-17(2)14(11-5-7-13(18)8-6-11)15(17)20-16(21)12-4-3-9-19-10-12/h3-10,14-15H,1-2H3,(H,20,21)/t14-,15-/m0/s1. The van der Waals surface area contributed by atoms with Crippen molar-refractivity contribution in [3.8, 4) is 0 Å². The Balaban J connectivity index is 1.75. The van der Waals surface area contributed by atoms with Crippen LogP contribution in [-0.2, 0) is 0 Å². The zero-order valence-corrected chi connectivity index (χ0v) is 12.8. The number of hydrogen-bond acceptors (Lipinski definition) is 2. The Labute approximate surface area is 129 Å². The van der Waals surface area contributed by atoms with E-state index in [0.717, 1.165) is 5.02 Å². The minimum atomic E-state index is -0.0716. The molecule has 1 heterocycles. The van der Waals surface area contributed by atoms with Crippen LogP contribution in [0, 0.1) is 5.41 Å². The average molecular weight is 301 g/mol. The molecule has 0 spiro atoms. The number of benzene rings is 1. The first-order chi connectivity index (χ1) is 10.00. The Bertz CT molecular complexity index is 652. The van der Waals surface area contributed by atoms with Gasteiger partial charge in [-0.1, -0.05) is 37.6 Å². The van der Waals surface area contributed by atoms with Crippen molar-refractivity contribution in [1.29, 1.82) is 0 Å². The molecule has 0 radical (unpaired) electrons. The van der Waals surface area contributed by atoms with Crippen LogP contribution in [0.15, 0.2) is 48.8 Å². The summed E-state index contributed by atoms with van der Waals surface area (Å²) in [7, 11) is 0. The molecule has 1 aliphatic carbocycles. The number of nitrogens with one attached hydrogen (secondary N) is 1. The van der Waals surface area contributed by atoms with E-state index in [1.165, 1.54) is 5.56 Å². The van der Waals surface area contributed by atoms with Crippen molar-refractivity contribution in [2.75, 3.05) is 0 Å². The van der Waals surface area contributed by atoms with E-state index < -0.39 is 0 Å². The highest BCUT2D eigenvalue weighted by Gasteiger charge is 2.59. The minimum Gasteiger partial charge on any atom is -0.348 e. The van der Waals surface area contributed by atoms with Gasteiger partial charge in [-0.05, 0) is 35.2 Å². The molecule has 1 saturated carbocycles. The first-order valence-electron chi connectivity index (χ1n) is 6.96. The average Bonchev–Trinajstić information content (AvgIpc) is 3.02. The van der Waals surface area contributed by atoms with E-state index in [4.69, 9.17) is 11.6 Å².